The molecule has 146 valence electrons. The third-order valence-electron chi connectivity index (χ3n) is 5.59. The Morgan fingerprint density at radius 2 is 1.89 bits per heavy atom. The highest BCUT2D eigenvalue weighted by atomic mass is 19.1. The summed E-state index contributed by atoms with van der Waals surface area (Å²) in [6.07, 6.45) is 3.60. The Hall–Kier alpha value is -2.50. The molecule has 4 rings (SSSR count). The molecule has 0 bridgehead atoms. The van der Waals surface area contributed by atoms with Crippen LogP contribution in [-0.4, -0.2) is 30.3 Å². The van der Waals surface area contributed by atoms with Crippen molar-refractivity contribution in [3.63, 3.8) is 0 Å². The quantitative estimate of drug-likeness (QED) is 0.652. The van der Waals surface area contributed by atoms with E-state index in [1.54, 1.807) is 12.3 Å². The molecule has 1 aromatic heterocycles. The SMILES string of the molecule is CC(NC1(CNc2ccnc3cc(F)ccc23)CCOCC1)c1ccccc1. The van der Waals surface area contributed by atoms with Crippen molar-refractivity contribution in [3.05, 3.63) is 72.2 Å². The van der Waals surface area contributed by atoms with Crippen LogP contribution >= 0.6 is 0 Å². The van der Waals surface area contributed by atoms with E-state index in [4.69, 9.17) is 4.74 Å². The number of nitrogens with zero attached hydrogens (tertiary/aromatic N) is 1. The van der Waals surface area contributed by atoms with Crippen molar-refractivity contribution in [2.45, 2.75) is 31.3 Å². The molecular formula is C23H26FN3O. The molecule has 0 spiro atoms. The maximum Gasteiger partial charge on any atom is 0.125 e. The summed E-state index contributed by atoms with van der Waals surface area (Å²) in [5, 5.41) is 8.38. The lowest BCUT2D eigenvalue weighted by molar-refractivity contribution is 0.0389. The highest BCUT2D eigenvalue weighted by molar-refractivity contribution is 5.90. The molecule has 1 fully saturated rings. The lowest BCUT2D eigenvalue weighted by Crippen LogP contribution is -2.54. The van der Waals surface area contributed by atoms with Crippen LogP contribution in [-0.2, 0) is 4.74 Å². The summed E-state index contributed by atoms with van der Waals surface area (Å²) in [6.45, 7) is 4.47. The van der Waals surface area contributed by atoms with Gasteiger partial charge in [0, 0.05) is 54.7 Å². The molecule has 5 heteroatoms. The Morgan fingerprint density at radius 3 is 2.68 bits per heavy atom. The molecule has 2 N–H and O–H groups in total. The van der Waals surface area contributed by atoms with Gasteiger partial charge in [-0.05, 0) is 43.5 Å². The van der Waals surface area contributed by atoms with E-state index >= 15 is 0 Å². The molecule has 3 aromatic rings. The normalized spacial score (nSPS) is 17.4. The van der Waals surface area contributed by atoms with Crippen LogP contribution in [0, 0.1) is 5.82 Å². The summed E-state index contributed by atoms with van der Waals surface area (Å²) < 4.78 is 19.2. The molecule has 1 unspecified atom stereocenters. The van der Waals surface area contributed by atoms with Crippen molar-refractivity contribution in [1.82, 2.24) is 10.3 Å². The first-order valence-electron chi connectivity index (χ1n) is 9.84. The van der Waals surface area contributed by atoms with Gasteiger partial charge < -0.3 is 15.4 Å². The van der Waals surface area contributed by atoms with Crippen LogP contribution in [0.4, 0.5) is 10.1 Å². The maximum atomic E-state index is 13.5. The second kappa shape index (κ2) is 8.25. The van der Waals surface area contributed by atoms with Gasteiger partial charge in [-0.1, -0.05) is 30.3 Å². The minimum Gasteiger partial charge on any atom is -0.383 e. The molecule has 0 amide bonds. The molecule has 2 heterocycles. The summed E-state index contributed by atoms with van der Waals surface area (Å²) in [5.41, 5.74) is 2.85. The Kier molecular flexibility index (Phi) is 5.55. The Balaban J connectivity index is 1.54. The highest BCUT2D eigenvalue weighted by Gasteiger charge is 2.33. The third kappa shape index (κ3) is 4.16. The van der Waals surface area contributed by atoms with Crippen LogP contribution in [0.25, 0.3) is 10.9 Å². The fraction of sp³-hybridized carbons (Fsp3) is 0.348. The second-order valence-electron chi connectivity index (χ2n) is 7.54. The number of hydrogen-bond donors (Lipinski definition) is 2. The first-order chi connectivity index (χ1) is 13.7. The first kappa shape index (κ1) is 18.8. The van der Waals surface area contributed by atoms with E-state index in [0.717, 1.165) is 43.7 Å². The van der Waals surface area contributed by atoms with Gasteiger partial charge in [0.2, 0.25) is 0 Å². The predicted molar refractivity (Wildman–Crippen MR) is 111 cm³/mol. The molecule has 0 radical (unpaired) electrons. The van der Waals surface area contributed by atoms with Crippen molar-refractivity contribution < 1.29 is 9.13 Å². The van der Waals surface area contributed by atoms with Crippen LogP contribution in [0.2, 0.25) is 0 Å². The van der Waals surface area contributed by atoms with Gasteiger partial charge in [0.05, 0.1) is 5.52 Å². The fourth-order valence-corrected chi connectivity index (χ4v) is 3.96. The number of ether oxygens (including phenoxy) is 1. The van der Waals surface area contributed by atoms with Crippen LogP contribution in [0.1, 0.15) is 31.4 Å². The van der Waals surface area contributed by atoms with E-state index in [9.17, 15) is 4.39 Å². The number of nitrogens with one attached hydrogen (secondary N) is 2. The summed E-state index contributed by atoms with van der Waals surface area (Å²) in [4.78, 5) is 4.29. The average molecular weight is 379 g/mol. The lowest BCUT2D eigenvalue weighted by Gasteiger charge is -2.41. The number of halogens is 1. The van der Waals surface area contributed by atoms with Crippen molar-refractivity contribution in [3.8, 4) is 0 Å². The monoisotopic (exact) mass is 379 g/mol. The molecule has 0 aliphatic carbocycles. The van der Waals surface area contributed by atoms with Gasteiger partial charge in [-0.15, -0.1) is 0 Å². The van der Waals surface area contributed by atoms with Gasteiger partial charge in [-0.3, -0.25) is 4.98 Å². The maximum absolute atomic E-state index is 13.5. The van der Waals surface area contributed by atoms with Crippen molar-refractivity contribution >= 4 is 16.6 Å². The summed E-state index contributed by atoms with van der Waals surface area (Å²) >= 11 is 0. The molecular weight excluding hydrogens is 353 g/mol. The molecule has 28 heavy (non-hydrogen) atoms. The van der Waals surface area contributed by atoms with E-state index in [1.165, 1.54) is 17.7 Å². The molecule has 1 atom stereocenters. The van der Waals surface area contributed by atoms with Crippen molar-refractivity contribution in [2.75, 3.05) is 25.1 Å². The number of rotatable bonds is 6. The first-order valence-corrected chi connectivity index (χ1v) is 9.84. The highest BCUT2D eigenvalue weighted by Crippen LogP contribution is 2.28. The van der Waals surface area contributed by atoms with E-state index in [-0.39, 0.29) is 17.4 Å². The number of pyridine rings is 1. The van der Waals surface area contributed by atoms with Gasteiger partial charge in [-0.25, -0.2) is 4.39 Å². The fourth-order valence-electron chi connectivity index (χ4n) is 3.96. The number of fused-ring (bicyclic) bond motifs is 1. The summed E-state index contributed by atoms with van der Waals surface area (Å²) in [6, 6.07) is 17.4. The Morgan fingerprint density at radius 1 is 1.11 bits per heavy atom. The lowest BCUT2D eigenvalue weighted by atomic mass is 9.88. The van der Waals surface area contributed by atoms with Crippen molar-refractivity contribution in [2.24, 2.45) is 0 Å². The zero-order valence-corrected chi connectivity index (χ0v) is 16.1. The minimum atomic E-state index is -0.267. The zero-order valence-electron chi connectivity index (χ0n) is 16.1. The molecule has 1 aliphatic rings. The van der Waals surface area contributed by atoms with E-state index in [0.29, 0.717) is 5.52 Å². The molecule has 1 aliphatic heterocycles. The van der Waals surface area contributed by atoms with Crippen LogP contribution in [0.15, 0.2) is 60.8 Å². The summed E-state index contributed by atoms with van der Waals surface area (Å²) in [7, 11) is 0. The number of benzene rings is 2. The zero-order chi connectivity index (χ0) is 19.4. The number of aromatic nitrogens is 1. The second-order valence-corrected chi connectivity index (χ2v) is 7.54. The third-order valence-corrected chi connectivity index (χ3v) is 5.59. The van der Waals surface area contributed by atoms with Crippen LogP contribution in [0.5, 0.6) is 0 Å². The summed E-state index contributed by atoms with van der Waals surface area (Å²) in [5.74, 6) is -0.267. The minimum absolute atomic E-state index is 0.0663. The Bertz CT molecular complexity index is 926. The van der Waals surface area contributed by atoms with E-state index < -0.39 is 0 Å². The molecule has 1 saturated heterocycles. The van der Waals surface area contributed by atoms with Gasteiger partial charge in [-0.2, -0.15) is 0 Å². The molecule has 2 aromatic carbocycles. The largest absolute Gasteiger partial charge is 0.383 e. The number of hydrogen-bond acceptors (Lipinski definition) is 4. The van der Waals surface area contributed by atoms with E-state index in [1.807, 2.05) is 12.1 Å². The smallest absolute Gasteiger partial charge is 0.125 e. The predicted octanol–water partition coefficient (Wildman–Crippen LogP) is 4.69. The van der Waals surface area contributed by atoms with Gasteiger partial charge >= 0.3 is 0 Å². The van der Waals surface area contributed by atoms with Crippen LogP contribution < -0.4 is 10.6 Å². The topological polar surface area (TPSA) is 46.2 Å². The van der Waals surface area contributed by atoms with Gasteiger partial charge in [0.1, 0.15) is 5.82 Å². The molecule has 0 saturated carbocycles. The molecule has 4 nitrogen and oxygen atoms in total. The standard InChI is InChI=1S/C23H26FN3O/c1-17(18-5-3-2-4-6-18)27-23(10-13-28-14-11-23)16-26-21-9-12-25-22-15-19(24)7-8-20(21)22/h2-9,12,15,17,27H,10-11,13-14,16H2,1H3,(H,25,26). The van der Waals surface area contributed by atoms with Crippen LogP contribution in [0.3, 0.4) is 0 Å². The van der Waals surface area contributed by atoms with Crippen molar-refractivity contribution in [1.29, 1.82) is 0 Å². The van der Waals surface area contributed by atoms with E-state index in [2.05, 4.69) is 46.8 Å². The van der Waals surface area contributed by atoms with Gasteiger partial charge in [0.25, 0.3) is 0 Å². The average Bonchev–Trinajstić information content (AvgIpc) is 2.73. The number of anilines is 1. The van der Waals surface area contributed by atoms with Gasteiger partial charge in [0.15, 0.2) is 0 Å². The Labute approximate surface area is 165 Å².